The van der Waals surface area contributed by atoms with Gasteiger partial charge in [-0.05, 0) is 66.3 Å². The number of aromatic amines is 1. The van der Waals surface area contributed by atoms with E-state index in [-0.39, 0.29) is 24.7 Å². The topological polar surface area (TPSA) is 85.4 Å². The van der Waals surface area contributed by atoms with Crippen molar-refractivity contribution in [1.82, 2.24) is 9.88 Å². The number of anilines is 1. The molecule has 0 fully saturated rings. The van der Waals surface area contributed by atoms with Gasteiger partial charge in [-0.3, -0.25) is 4.79 Å². The number of pyridine rings is 1. The predicted octanol–water partition coefficient (Wildman–Crippen LogP) is 4.16. The predicted molar refractivity (Wildman–Crippen MR) is 117 cm³/mol. The van der Waals surface area contributed by atoms with Gasteiger partial charge in [0.1, 0.15) is 0 Å². The van der Waals surface area contributed by atoms with Crippen molar-refractivity contribution in [3.63, 3.8) is 0 Å². The minimum atomic E-state index is -0.345. The second-order valence-electron chi connectivity index (χ2n) is 6.83. The highest BCUT2D eigenvalue weighted by Crippen LogP contribution is 2.17. The van der Waals surface area contributed by atoms with Gasteiger partial charge in [0, 0.05) is 34.9 Å². The number of carbonyl (C=O) groups is 1. The fourth-order valence-electron chi connectivity index (χ4n) is 3.09. The van der Waals surface area contributed by atoms with Crippen LogP contribution in [0.3, 0.4) is 0 Å². The van der Waals surface area contributed by atoms with Crippen LogP contribution in [0.5, 0.6) is 0 Å². The van der Waals surface area contributed by atoms with Crippen molar-refractivity contribution in [1.29, 1.82) is 0 Å². The number of rotatable bonds is 7. The van der Waals surface area contributed by atoms with E-state index < -0.39 is 0 Å². The Morgan fingerprint density at radius 2 is 1.93 bits per heavy atom. The van der Waals surface area contributed by atoms with Crippen LogP contribution >= 0.6 is 11.6 Å². The van der Waals surface area contributed by atoms with Gasteiger partial charge in [-0.2, -0.15) is 0 Å². The van der Waals surface area contributed by atoms with E-state index in [4.69, 9.17) is 11.6 Å². The van der Waals surface area contributed by atoms with Crippen LogP contribution in [0, 0.1) is 0 Å². The molecular weight excluding hydrogens is 390 g/mol. The minimum Gasteiger partial charge on any atom is -0.396 e. The summed E-state index contributed by atoms with van der Waals surface area (Å²) >= 11 is 5.88. The Hall–Kier alpha value is -2.83. The van der Waals surface area contributed by atoms with Gasteiger partial charge in [-0.25, -0.2) is 4.79 Å². The Morgan fingerprint density at radius 1 is 1.17 bits per heavy atom. The fraction of sp³-hybridized carbons (Fsp3) is 0.273. The molecule has 3 N–H and O–H groups in total. The zero-order valence-electron chi connectivity index (χ0n) is 16.2. The van der Waals surface area contributed by atoms with E-state index in [1.54, 1.807) is 24.3 Å². The van der Waals surface area contributed by atoms with Gasteiger partial charge in [0.2, 0.25) is 0 Å². The number of benzene rings is 2. The summed E-state index contributed by atoms with van der Waals surface area (Å²) in [4.78, 5) is 29.7. The molecule has 2 aromatic carbocycles. The van der Waals surface area contributed by atoms with Crippen LogP contribution in [0.1, 0.15) is 24.5 Å². The van der Waals surface area contributed by atoms with Gasteiger partial charge in [0.15, 0.2) is 0 Å². The molecule has 152 valence electrons. The number of urea groups is 1. The van der Waals surface area contributed by atoms with Gasteiger partial charge >= 0.3 is 6.03 Å². The van der Waals surface area contributed by atoms with Gasteiger partial charge < -0.3 is 20.3 Å². The maximum absolute atomic E-state index is 12.8. The van der Waals surface area contributed by atoms with Crippen molar-refractivity contribution in [3.05, 3.63) is 75.0 Å². The Bertz CT molecular complexity index is 1050. The lowest BCUT2D eigenvalue weighted by Gasteiger charge is -2.23. The van der Waals surface area contributed by atoms with Crippen molar-refractivity contribution in [2.24, 2.45) is 0 Å². The molecule has 1 aromatic heterocycles. The number of hydrogen-bond acceptors (Lipinski definition) is 3. The lowest BCUT2D eigenvalue weighted by atomic mass is 10.1. The lowest BCUT2D eigenvalue weighted by Crippen LogP contribution is -2.37. The third-order valence-corrected chi connectivity index (χ3v) is 4.98. The van der Waals surface area contributed by atoms with Crippen LogP contribution < -0.4 is 10.9 Å². The second kappa shape index (κ2) is 9.58. The normalized spacial score (nSPS) is 10.9. The summed E-state index contributed by atoms with van der Waals surface area (Å²) in [6.45, 7) is 2.49. The number of aryl methyl sites for hydroxylation is 1. The molecule has 0 aliphatic heterocycles. The number of carbonyl (C=O) groups excluding carboxylic acids is 1. The summed E-state index contributed by atoms with van der Waals surface area (Å²) in [6, 6.07) is 14.2. The molecule has 0 spiro atoms. The molecule has 29 heavy (non-hydrogen) atoms. The molecule has 3 aromatic rings. The van der Waals surface area contributed by atoms with E-state index in [0.717, 1.165) is 17.3 Å². The van der Waals surface area contributed by atoms with Crippen LogP contribution in [0.2, 0.25) is 5.02 Å². The highest BCUT2D eigenvalue weighted by Gasteiger charge is 2.16. The molecule has 7 heteroatoms. The monoisotopic (exact) mass is 413 g/mol. The second-order valence-corrected chi connectivity index (χ2v) is 7.27. The highest BCUT2D eigenvalue weighted by molar-refractivity contribution is 6.30. The molecule has 0 aliphatic rings. The first kappa shape index (κ1) is 20.9. The van der Waals surface area contributed by atoms with Gasteiger partial charge in [-0.1, -0.05) is 24.6 Å². The molecule has 0 radical (unpaired) electrons. The molecule has 3 rings (SSSR count). The number of halogens is 1. The third-order valence-electron chi connectivity index (χ3n) is 4.72. The Labute approximate surface area is 174 Å². The molecule has 0 bridgehead atoms. The molecule has 0 atom stereocenters. The molecule has 2 amide bonds. The molecule has 0 saturated heterocycles. The van der Waals surface area contributed by atoms with Crippen LogP contribution in [0.4, 0.5) is 10.5 Å². The zero-order valence-corrected chi connectivity index (χ0v) is 17.0. The number of fused-ring (bicyclic) bond motifs is 1. The largest absolute Gasteiger partial charge is 0.396 e. The quantitative estimate of drug-likeness (QED) is 0.543. The number of aliphatic hydroxyl groups is 1. The average molecular weight is 414 g/mol. The Kier molecular flexibility index (Phi) is 6.90. The maximum atomic E-state index is 12.8. The minimum absolute atomic E-state index is 0.0430. The van der Waals surface area contributed by atoms with Crippen molar-refractivity contribution in [2.45, 2.75) is 26.3 Å². The summed E-state index contributed by atoms with van der Waals surface area (Å²) in [5, 5.41) is 13.5. The summed E-state index contributed by atoms with van der Waals surface area (Å²) < 4.78 is 0. The summed E-state index contributed by atoms with van der Waals surface area (Å²) in [6.07, 6.45) is 1.32. The SMILES string of the molecule is CCc1ccc2[nH]c(=O)c(CN(CCCO)C(=O)Nc3ccc(Cl)cc3)cc2c1. The van der Waals surface area contributed by atoms with E-state index in [1.165, 1.54) is 10.5 Å². The Balaban J connectivity index is 1.85. The standard InChI is InChI=1S/C22H24ClN3O3/c1-2-15-4-9-20-16(12-15)13-17(21(28)25-20)14-26(10-3-11-27)22(29)24-19-7-5-18(23)6-8-19/h4-9,12-13,27H,2-3,10-11,14H2,1H3,(H,24,29)(H,25,28). The summed E-state index contributed by atoms with van der Waals surface area (Å²) in [7, 11) is 0. The smallest absolute Gasteiger partial charge is 0.322 e. The van der Waals surface area contributed by atoms with Crippen LogP contribution in [-0.2, 0) is 13.0 Å². The number of nitrogens with zero attached hydrogens (tertiary/aromatic N) is 1. The molecule has 0 saturated carbocycles. The molecular formula is C22H24ClN3O3. The highest BCUT2D eigenvalue weighted by atomic mass is 35.5. The third kappa shape index (κ3) is 5.37. The first-order chi connectivity index (χ1) is 14.0. The molecule has 1 heterocycles. The van der Waals surface area contributed by atoms with Crippen LogP contribution in [-0.4, -0.2) is 34.2 Å². The number of aromatic nitrogens is 1. The van der Waals surface area contributed by atoms with Crippen molar-refractivity contribution in [2.75, 3.05) is 18.5 Å². The summed E-state index contributed by atoms with van der Waals surface area (Å²) in [5.41, 5.74) is 2.81. The van der Waals surface area contributed by atoms with E-state index in [2.05, 4.69) is 17.2 Å². The van der Waals surface area contributed by atoms with E-state index in [0.29, 0.717) is 29.2 Å². The van der Waals surface area contributed by atoms with Crippen molar-refractivity contribution < 1.29 is 9.90 Å². The number of amides is 2. The zero-order chi connectivity index (χ0) is 20.8. The number of aliphatic hydroxyl groups excluding tert-OH is 1. The number of H-pyrrole nitrogens is 1. The van der Waals surface area contributed by atoms with E-state index in [1.807, 2.05) is 24.3 Å². The average Bonchev–Trinajstić information content (AvgIpc) is 2.72. The number of hydrogen-bond donors (Lipinski definition) is 3. The van der Waals surface area contributed by atoms with E-state index >= 15 is 0 Å². The fourth-order valence-corrected chi connectivity index (χ4v) is 3.22. The lowest BCUT2D eigenvalue weighted by molar-refractivity contribution is 0.199. The van der Waals surface area contributed by atoms with E-state index in [9.17, 15) is 14.7 Å². The Morgan fingerprint density at radius 3 is 2.62 bits per heavy atom. The molecule has 0 aliphatic carbocycles. The maximum Gasteiger partial charge on any atom is 0.322 e. The van der Waals surface area contributed by atoms with Gasteiger partial charge in [0.05, 0.1) is 6.54 Å². The first-order valence-corrected chi connectivity index (χ1v) is 9.95. The first-order valence-electron chi connectivity index (χ1n) is 9.57. The van der Waals surface area contributed by atoms with Crippen LogP contribution in [0.25, 0.3) is 10.9 Å². The molecule has 0 unspecified atom stereocenters. The molecule has 6 nitrogen and oxygen atoms in total. The van der Waals surface area contributed by atoms with Crippen LogP contribution in [0.15, 0.2) is 53.3 Å². The van der Waals surface area contributed by atoms with Gasteiger partial charge in [0.25, 0.3) is 5.56 Å². The van der Waals surface area contributed by atoms with Gasteiger partial charge in [-0.15, -0.1) is 0 Å². The van der Waals surface area contributed by atoms with Crippen molar-refractivity contribution in [3.8, 4) is 0 Å². The number of nitrogens with one attached hydrogen (secondary N) is 2. The van der Waals surface area contributed by atoms with Crippen molar-refractivity contribution >= 4 is 34.2 Å². The summed E-state index contributed by atoms with van der Waals surface area (Å²) in [5.74, 6) is 0.